The molecule has 0 aromatic carbocycles. The Morgan fingerprint density at radius 1 is 0.761 bits per heavy atom. The fourth-order valence-corrected chi connectivity index (χ4v) is 10.0. The Bertz CT molecular complexity index is 2210. The quantitative estimate of drug-likeness (QED) is 0.0463. The summed E-state index contributed by atoms with van der Waals surface area (Å²) >= 11 is 4.03. The molecule has 0 unspecified atom stereocenters. The van der Waals surface area contributed by atoms with Crippen LogP contribution in [0.2, 0.25) is 51.4 Å². The third-order valence-electron chi connectivity index (χ3n) is 11.0. The van der Waals surface area contributed by atoms with E-state index in [4.69, 9.17) is 33.8 Å². The maximum atomic E-state index is 13.9. The van der Waals surface area contributed by atoms with Crippen LogP contribution >= 0.6 is 15.9 Å². The van der Waals surface area contributed by atoms with Gasteiger partial charge in [-0.2, -0.15) is 14.6 Å². The summed E-state index contributed by atoms with van der Waals surface area (Å²) in [6, 6.07) is 5.27. The number of fused-ring (bicyclic) bond motifs is 3. The molecule has 3 aliphatic rings. The number of hydrogen-bond acceptors (Lipinski definition) is 13. The number of carbonyl (C=O) groups is 4. The van der Waals surface area contributed by atoms with E-state index in [0.29, 0.717) is 53.7 Å². The summed E-state index contributed by atoms with van der Waals surface area (Å²) in [6.07, 6.45) is 3.10. The number of hydrazine groups is 1. The van der Waals surface area contributed by atoms with E-state index in [1.165, 1.54) is 6.07 Å². The van der Waals surface area contributed by atoms with Gasteiger partial charge in [-0.3, -0.25) is 4.79 Å². The molecule has 5 heterocycles. The Labute approximate surface area is 407 Å². The van der Waals surface area contributed by atoms with Crippen molar-refractivity contribution in [1.82, 2.24) is 29.5 Å². The number of amides is 4. The van der Waals surface area contributed by atoms with Crippen LogP contribution in [0.25, 0.3) is 16.8 Å². The molecule has 2 bridgehead atoms. The van der Waals surface area contributed by atoms with E-state index < -0.39 is 51.0 Å². The van der Waals surface area contributed by atoms with Gasteiger partial charge in [0.1, 0.15) is 30.3 Å². The number of rotatable bonds is 15. The second-order valence-electron chi connectivity index (χ2n) is 23.0. The number of carbonyl (C=O) groups excluding carboxylic acids is 4. The maximum absolute atomic E-state index is 13.9. The number of aromatic nitrogens is 4. The van der Waals surface area contributed by atoms with Crippen LogP contribution in [0, 0.1) is 0 Å². The van der Waals surface area contributed by atoms with Crippen molar-refractivity contribution in [3.63, 3.8) is 0 Å². The maximum Gasteiger partial charge on any atom is 0.437 e. The summed E-state index contributed by atoms with van der Waals surface area (Å²) < 4.78 is 32.5. The van der Waals surface area contributed by atoms with Crippen LogP contribution in [-0.4, -0.2) is 125 Å². The zero-order valence-corrected chi connectivity index (χ0v) is 46.3. The van der Waals surface area contributed by atoms with Gasteiger partial charge in [-0.25, -0.2) is 24.4 Å². The van der Waals surface area contributed by atoms with Gasteiger partial charge in [0.25, 0.3) is 5.91 Å². The number of halogens is 1. The lowest BCUT2D eigenvalue weighted by Crippen LogP contribution is -2.63. The van der Waals surface area contributed by atoms with Crippen molar-refractivity contribution in [3.05, 3.63) is 34.7 Å². The standard InChI is InChI=1S/C47H75BrN8O9Si2/c1-17-37(57)56(44(60)65-47(8,9)10)55(43(59)64-46(5,6)7)36-19-18-31(27-49-36)35-28-50-54-40(35)51-39(32-24-33-26-34(25-32)53(33)42(58)63-45(2,3)4)38(48)41(54)52(29-61-20-22-66(11,12)13)30-62-21-23-67(14,15)16/h18-19,27-28,32-34H,17,20-26,29-30H2,1-16H3/t32-,33+,34-. The van der Waals surface area contributed by atoms with Gasteiger partial charge in [0.05, 0.1) is 16.4 Å². The van der Waals surface area contributed by atoms with E-state index >= 15 is 0 Å². The van der Waals surface area contributed by atoms with Gasteiger partial charge >= 0.3 is 18.3 Å². The van der Waals surface area contributed by atoms with Crippen molar-refractivity contribution in [3.8, 4) is 11.1 Å². The van der Waals surface area contributed by atoms with Gasteiger partial charge in [-0.05, 0) is 122 Å². The molecule has 2 aliphatic heterocycles. The van der Waals surface area contributed by atoms with Gasteiger partial charge in [0.15, 0.2) is 17.3 Å². The summed E-state index contributed by atoms with van der Waals surface area (Å²) in [7, 11) is -2.78. The predicted molar refractivity (Wildman–Crippen MR) is 269 cm³/mol. The van der Waals surface area contributed by atoms with Gasteiger partial charge in [-0.15, -0.1) is 5.01 Å². The molecule has 1 saturated carbocycles. The lowest BCUT2D eigenvalue weighted by atomic mass is 9.72. The lowest BCUT2D eigenvalue weighted by Gasteiger charge is -2.54. The molecule has 6 rings (SSSR count). The first-order valence-corrected chi connectivity index (χ1v) is 31.6. The molecule has 3 fully saturated rings. The first-order chi connectivity index (χ1) is 30.9. The molecule has 2 saturated heterocycles. The Kier molecular flexibility index (Phi) is 16.8. The number of pyridine rings is 1. The molecule has 3 aromatic heterocycles. The summed E-state index contributed by atoms with van der Waals surface area (Å²) in [5, 5.41) is 6.38. The third kappa shape index (κ3) is 14.5. The summed E-state index contributed by atoms with van der Waals surface area (Å²) in [5.41, 5.74) is 0.0518. The highest BCUT2D eigenvalue weighted by Gasteiger charge is 2.50. The van der Waals surface area contributed by atoms with Gasteiger partial charge in [0.2, 0.25) is 0 Å². The number of piperidine rings is 1. The van der Waals surface area contributed by atoms with Crippen LogP contribution in [0.15, 0.2) is 29.0 Å². The summed E-state index contributed by atoms with van der Waals surface area (Å²) in [5.74, 6) is -0.0466. The topological polar surface area (TPSA) is 170 Å². The Balaban J connectivity index is 1.62. The summed E-state index contributed by atoms with van der Waals surface area (Å²) in [4.78, 5) is 68.3. The molecule has 4 amide bonds. The molecule has 3 aromatic rings. The summed E-state index contributed by atoms with van der Waals surface area (Å²) in [6.45, 7) is 32.9. The minimum absolute atomic E-state index is 0.00626. The molecule has 0 N–H and O–H groups in total. The van der Waals surface area contributed by atoms with Gasteiger partial charge in [-0.1, -0.05) is 46.2 Å². The van der Waals surface area contributed by atoms with Crippen molar-refractivity contribution in [1.29, 1.82) is 0 Å². The van der Waals surface area contributed by atoms with E-state index in [1.807, 2.05) is 25.7 Å². The van der Waals surface area contributed by atoms with E-state index in [9.17, 15) is 19.2 Å². The smallest absolute Gasteiger partial charge is 0.437 e. The molecule has 3 atom stereocenters. The molecule has 1 aliphatic carbocycles. The molecular weight excluding hydrogens is 957 g/mol. The molecule has 0 radical (unpaired) electrons. The lowest BCUT2D eigenvalue weighted by molar-refractivity contribution is -0.130. The number of ether oxygens (including phenoxy) is 5. The van der Waals surface area contributed by atoms with Crippen LogP contribution in [0.1, 0.15) is 107 Å². The second kappa shape index (κ2) is 20.9. The second-order valence-corrected chi connectivity index (χ2v) is 35.0. The molecule has 67 heavy (non-hydrogen) atoms. The fraction of sp³-hybridized carbons (Fsp3) is 0.681. The molecular formula is C47H75BrN8O9Si2. The van der Waals surface area contributed by atoms with E-state index in [0.717, 1.165) is 33.7 Å². The highest BCUT2D eigenvalue weighted by atomic mass is 79.9. The number of imide groups is 1. The minimum Gasteiger partial charge on any atom is -0.444 e. The Morgan fingerprint density at radius 2 is 1.30 bits per heavy atom. The first-order valence-electron chi connectivity index (χ1n) is 23.4. The zero-order valence-electron chi connectivity index (χ0n) is 42.7. The van der Waals surface area contributed by atoms with E-state index in [2.05, 4.69) is 65.1 Å². The van der Waals surface area contributed by atoms with Crippen molar-refractivity contribution < 1.29 is 42.9 Å². The monoisotopic (exact) mass is 1030 g/mol. The average Bonchev–Trinajstić information content (AvgIpc) is 3.59. The average molecular weight is 1030 g/mol. The van der Waals surface area contributed by atoms with Crippen molar-refractivity contribution in [2.24, 2.45) is 0 Å². The van der Waals surface area contributed by atoms with Crippen LogP contribution in [0.3, 0.4) is 0 Å². The Morgan fingerprint density at radius 3 is 1.78 bits per heavy atom. The number of hydrogen-bond donors (Lipinski definition) is 0. The number of nitrogens with zero attached hydrogens (tertiary/aromatic N) is 8. The largest absolute Gasteiger partial charge is 0.444 e. The van der Waals surface area contributed by atoms with Crippen LogP contribution in [-0.2, 0) is 28.5 Å². The van der Waals surface area contributed by atoms with Crippen LogP contribution in [0.4, 0.5) is 26.0 Å². The van der Waals surface area contributed by atoms with Crippen LogP contribution < -0.4 is 9.91 Å². The normalized spacial score (nSPS) is 17.7. The third-order valence-corrected chi connectivity index (χ3v) is 15.1. The predicted octanol–water partition coefficient (Wildman–Crippen LogP) is 11.1. The molecule has 20 heteroatoms. The molecule has 0 spiro atoms. The van der Waals surface area contributed by atoms with E-state index in [1.54, 1.807) is 71.4 Å². The van der Waals surface area contributed by atoms with Gasteiger partial charge in [0, 0.05) is 71.1 Å². The van der Waals surface area contributed by atoms with Crippen molar-refractivity contribution >= 4 is 73.5 Å². The van der Waals surface area contributed by atoms with Crippen molar-refractivity contribution in [2.45, 2.75) is 181 Å². The first kappa shape index (κ1) is 53.8. The molecule has 372 valence electrons. The molecule has 17 nitrogen and oxygen atoms in total. The van der Waals surface area contributed by atoms with E-state index in [-0.39, 0.29) is 49.8 Å². The van der Waals surface area contributed by atoms with Gasteiger partial charge < -0.3 is 33.5 Å². The highest BCUT2D eigenvalue weighted by Crippen LogP contribution is 2.49. The number of anilines is 2. The highest BCUT2D eigenvalue weighted by molar-refractivity contribution is 9.10. The van der Waals surface area contributed by atoms with Crippen LogP contribution in [0.5, 0.6) is 0 Å². The Hall–Kier alpha value is -4.12. The van der Waals surface area contributed by atoms with Crippen molar-refractivity contribution in [2.75, 3.05) is 36.6 Å². The zero-order chi connectivity index (χ0) is 50.0. The SMILES string of the molecule is CCC(=O)N(C(=O)OC(C)(C)C)N(C(=O)OC(C)(C)C)c1ccc(-c2cnn3c(N(COCC[Si](C)(C)C)COCC[Si](C)(C)C)c(Br)c([C@H]4C[C@@H]5C[C@H](C4)N5C(=O)OC(C)(C)C)nc23)cn1. The fourth-order valence-electron chi connectivity index (χ4n) is 7.70. The minimum atomic E-state index is -1.39.